The summed E-state index contributed by atoms with van der Waals surface area (Å²) in [6.45, 7) is 3.01. The summed E-state index contributed by atoms with van der Waals surface area (Å²) in [5, 5.41) is 11.5. The van der Waals surface area contributed by atoms with Gasteiger partial charge in [-0.25, -0.2) is 0 Å². The van der Waals surface area contributed by atoms with Gasteiger partial charge in [-0.1, -0.05) is 18.2 Å². The molecule has 0 spiro atoms. The van der Waals surface area contributed by atoms with Crippen molar-refractivity contribution in [2.45, 2.75) is 32.1 Å². The van der Waals surface area contributed by atoms with Crippen LogP contribution in [0.25, 0.3) is 11.2 Å². The number of hydrogen-bond donors (Lipinski definition) is 0. The molecule has 2 amide bonds. The molecule has 8 nitrogen and oxygen atoms in total. The van der Waals surface area contributed by atoms with E-state index in [1.54, 1.807) is 18.3 Å². The Morgan fingerprint density at radius 2 is 1.74 bits per heavy atom. The Morgan fingerprint density at radius 1 is 0.912 bits per heavy atom. The molecule has 34 heavy (non-hydrogen) atoms. The number of hydrogen-bond acceptors (Lipinski definition) is 5. The maximum Gasteiger partial charge on any atom is 0.257 e. The first-order valence-electron chi connectivity index (χ1n) is 12.2. The summed E-state index contributed by atoms with van der Waals surface area (Å²) in [5.41, 5.74) is 4.42. The van der Waals surface area contributed by atoms with Crippen molar-refractivity contribution in [1.82, 2.24) is 29.8 Å². The highest BCUT2D eigenvalue weighted by Gasteiger charge is 2.39. The largest absolute Gasteiger partial charge is 0.338 e. The minimum atomic E-state index is -0.0298. The number of fused-ring (bicyclic) bond motifs is 1. The number of benzene rings is 1. The Hall–Kier alpha value is -3.55. The number of nitrogens with zero attached hydrogens (tertiary/aromatic N) is 6. The smallest absolute Gasteiger partial charge is 0.257 e. The quantitative estimate of drug-likeness (QED) is 0.601. The van der Waals surface area contributed by atoms with Gasteiger partial charge in [0.2, 0.25) is 0 Å². The van der Waals surface area contributed by atoms with E-state index in [-0.39, 0.29) is 11.8 Å². The highest BCUT2D eigenvalue weighted by molar-refractivity contribution is 6.00. The Balaban J connectivity index is 1.07. The van der Waals surface area contributed by atoms with E-state index in [9.17, 15) is 9.59 Å². The van der Waals surface area contributed by atoms with Gasteiger partial charge in [0.1, 0.15) is 0 Å². The number of piperidine rings is 1. The molecule has 2 fully saturated rings. The van der Waals surface area contributed by atoms with Gasteiger partial charge in [0.25, 0.3) is 11.8 Å². The highest BCUT2D eigenvalue weighted by atomic mass is 16.2. The van der Waals surface area contributed by atoms with E-state index < -0.39 is 0 Å². The third-order valence-electron chi connectivity index (χ3n) is 7.61. The summed E-state index contributed by atoms with van der Waals surface area (Å²) in [5.74, 6) is 0.940. The minimum absolute atomic E-state index is 0.0298. The first kappa shape index (κ1) is 21.0. The lowest BCUT2D eigenvalue weighted by Crippen LogP contribution is -2.55. The SMILES string of the molecule is O=C(c1ccc(C2=CCCC2)cc1)N1CCCC(C2CN(C(=O)c3cccn4nnnc34)C2)C1. The van der Waals surface area contributed by atoms with Crippen LogP contribution in [0, 0.1) is 11.8 Å². The molecule has 2 saturated heterocycles. The van der Waals surface area contributed by atoms with Gasteiger partial charge in [-0.15, -0.1) is 5.10 Å². The molecule has 0 radical (unpaired) electrons. The molecule has 0 N–H and O–H groups in total. The normalized spacial score (nSPS) is 20.9. The standard InChI is InChI=1S/C26H28N6O2/c33-25(20-11-9-19(10-12-20)18-5-1-2-6-18)30-13-3-7-21(15-30)22-16-31(17-22)26(34)23-8-4-14-32-24(23)27-28-29-32/h4-5,8-12,14,21-22H,1-3,6-7,13,15-17H2. The number of tetrazole rings is 1. The number of aromatic nitrogens is 4. The maximum absolute atomic E-state index is 13.2. The fourth-order valence-electron chi connectivity index (χ4n) is 5.60. The van der Waals surface area contributed by atoms with Crippen molar-refractivity contribution in [1.29, 1.82) is 0 Å². The fourth-order valence-corrected chi connectivity index (χ4v) is 5.60. The number of pyridine rings is 1. The molecule has 1 aliphatic carbocycles. The second-order valence-electron chi connectivity index (χ2n) is 9.69. The molecule has 174 valence electrons. The summed E-state index contributed by atoms with van der Waals surface area (Å²) >= 11 is 0. The summed E-state index contributed by atoms with van der Waals surface area (Å²) in [4.78, 5) is 30.1. The molecule has 1 aromatic carbocycles. The Morgan fingerprint density at radius 3 is 2.53 bits per heavy atom. The van der Waals surface area contributed by atoms with E-state index in [0.717, 1.165) is 57.4 Å². The van der Waals surface area contributed by atoms with E-state index in [4.69, 9.17) is 0 Å². The average molecular weight is 457 g/mol. The predicted octanol–water partition coefficient (Wildman–Crippen LogP) is 3.32. The number of likely N-dealkylation sites (tertiary alicyclic amines) is 2. The van der Waals surface area contributed by atoms with Gasteiger partial charge in [0.15, 0.2) is 5.65 Å². The Kier molecular flexibility index (Phi) is 5.36. The summed E-state index contributed by atoms with van der Waals surface area (Å²) in [6, 6.07) is 11.7. The van der Waals surface area contributed by atoms with Gasteiger partial charge in [-0.3, -0.25) is 9.59 Å². The Labute approximate surface area is 198 Å². The van der Waals surface area contributed by atoms with Crippen LogP contribution in [0.15, 0.2) is 48.7 Å². The predicted molar refractivity (Wildman–Crippen MR) is 127 cm³/mol. The van der Waals surface area contributed by atoms with Gasteiger partial charge in [-0.05, 0) is 89.8 Å². The summed E-state index contributed by atoms with van der Waals surface area (Å²) in [6.07, 6.45) is 9.67. The van der Waals surface area contributed by atoms with E-state index >= 15 is 0 Å². The molecule has 2 aromatic heterocycles. The number of carbonyl (C=O) groups is 2. The summed E-state index contributed by atoms with van der Waals surface area (Å²) in [7, 11) is 0. The lowest BCUT2D eigenvalue weighted by atomic mass is 9.80. The maximum atomic E-state index is 13.2. The van der Waals surface area contributed by atoms with Gasteiger partial charge >= 0.3 is 0 Å². The lowest BCUT2D eigenvalue weighted by Gasteiger charge is -2.46. The van der Waals surface area contributed by atoms with Crippen LogP contribution in [0.4, 0.5) is 0 Å². The van der Waals surface area contributed by atoms with Gasteiger partial charge < -0.3 is 9.80 Å². The third-order valence-corrected chi connectivity index (χ3v) is 7.61. The van der Waals surface area contributed by atoms with Crippen LogP contribution in [-0.4, -0.2) is 67.8 Å². The fraction of sp³-hybridized carbons (Fsp3) is 0.423. The van der Waals surface area contributed by atoms with Crippen molar-refractivity contribution in [2.24, 2.45) is 11.8 Å². The van der Waals surface area contributed by atoms with Crippen molar-refractivity contribution < 1.29 is 9.59 Å². The van der Waals surface area contributed by atoms with Gasteiger partial charge in [-0.2, -0.15) is 4.52 Å². The van der Waals surface area contributed by atoms with Crippen molar-refractivity contribution in [3.05, 3.63) is 65.4 Å². The minimum Gasteiger partial charge on any atom is -0.338 e. The Bertz CT molecular complexity index is 1260. The highest BCUT2D eigenvalue weighted by Crippen LogP contribution is 2.33. The van der Waals surface area contributed by atoms with Crippen LogP contribution in [0.3, 0.4) is 0 Å². The van der Waals surface area contributed by atoms with Crippen LogP contribution in [-0.2, 0) is 0 Å². The monoisotopic (exact) mass is 456 g/mol. The van der Waals surface area contributed by atoms with E-state index in [0.29, 0.717) is 23.0 Å². The van der Waals surface area contributed by atoms with Gasteiger partial charge in [0.05, 0.1) is 5.56 Å². The molecule has 1 unspecified atom stereocenters. The molecule has 4 heterocycles. The van der Waals surface area contributed by atoms with Crippen molar-refractivity contribution in [2.75, 3.05) is 26.2 Å². The third kappa shape index (κ3) is 3.77. The lowest BCUT2D eigenvalue weighted by molar-refractivity contribution is 0.0189. The zero-order chi connectivity index (χ0) is 23.1. The van der Waals surface area contributed by atoms with Gasteiger partial charge in [0, 0.05) is 37.9 Å². The second-order valence-corrected chi connectivity index (χ2v) is 9.69. The molecule has 2 aliphatic heterocycles. The van der Waals surface area contributed by atoms with Crippen molar-refractivity contribution in [3.63, 3.8) is 0 Å². The first-order valence-corrected chi connectivity index (χ1v) is 12.2. The van der Waals surface area contributed by atoms with Crippen LogP contribution in [0.5, 0.6) is 0 Å². The molecule has 3 aliphatic rings. The van der Waals surface area contributed by atoms with Crippen molar-refractivity contribution >= 4 is 23.0 Å². The van der Waals surface area contributed by atoms with Crippen LogP contribution in [0.1, 0.15) is 58.4 Å². The van der Waals surface area contributed by atoms with E-state index in [1.165, 1.54) is 22.1 Å². The molecule has 3 aromatic rings. The van der Waals surface area contributed by atoms with Crippen LogP contribution in [0.2, 0.25) is 0 Å². The van der Waals surface area contributed by atoms with Crippen LogP contribution < -0.4 is 0 Å². The number of rotatable bonds is 4. The molecule has 1 atom stereocenters. The van der Waals surface area contributed by atoms with E-state index in [2.05, 4.69) is 33.7 Å². The first-order chi connectivity index (χ1) is 16.7. The molecular formula is C26H28N6O2. The topological polar surface area (TPSA) is 83.7 Å². The second kappa shape index (κ2) is 8.66. The summed E-state index contributed by atoms with van der Waals surface area (Å²) < 4.78 is 1.52. The molecule has 0 saturated carbocycles. The molecule has 6 rings (SSSR count). The number of allylic oxidation sites excluding steroid dienone is 2. The van der Waals surface area contributed by atoms with Crippen molar-refractivity contribution in [3.8, 4) is 0 Å². The molecule has 8 heteroatoms. The van der Waals surface area contributed by atoms with Crippen LogP contribution >= 0.6 is 0 Å². The number of carbonyl (C=O) groups excluding carboxylic acids is 2. The molecule has 0 bridgehead atoms. The number of amides is 2. The van der Waals surface area contributed by atoms with E-state index in [1.807, 2.05) is 21.9 Å². The average Bonchev–Trinajstić information content (AvgIpc) is 3.55. The molecular weight excluding hydrogens is 428 g/mol. The zero-order valence-corrected chi connectivity index (χ0v) is 19.1. The zero-order valence-electron chi connectivity index (χ0n) is 19.1.